The second kappa shape index (κ2) is 7.23. The van der Waals surface area contributed by atoms with E-state index in [2.05, 4.69) is 30.9 Å². The fraction of sp³-hybridized carbons (Fsp3) is 0.533. The Labute approximate surface area is 105 Å². The van der Waals surface area contributed by atoms with Crippen LogP contribution in [0.25, 0.3) is 0 Å². The fourth-order valence-corrected chi connectivity index (χ4v) is 1.73. The van der Waals surface area contributed by atoms with Gasteiger partial charge in [-0.2, -0.15) is 0 Å². The highest BCUT2D eigenvalue weighted by atomic mass is 16.1. The molecular weight excluding hydrogens is 210 g/mol. The third-order valence-electron chi connectivity index (χ3n) is 3.24. The first-order chi connectivity index (χ1) is 8.17. The van der Waals surface area contributed by atoms with Gasteiger partial charge in [0, 0.05) is 12.5 Å². The van der Waals surface area contributed by atoms with Gasteiger partial charge >= 0.3 is 0 Å². The quantitative estimate of drug-likeness (QED) is 0.721. The lowest BCUT2D eigenvalue weighted by molar-refractivity contribution is -0.123. The van der Waals surface area contributed by atoms with E-state index in [0.29, 0.717) is 12.3 Å². The molecule has 0 bridgehead atoms. The molecule has 1 atom stereocenters. The first kappa shape index (κ1) is 13.9. The molecule has 0 aliphatic carbocycles. The zero-order chi connectivity index (χ0) is 12.7. The number of hydrogen-bond donors (Lipinski definition) is 0. The lowest BCUT2D eigenvalue weighted by atomic mass is 10.0. The van der Waals surface area contributed by atoms with Crippen LogP contribution in [-0.4, -0.2) is 23.8 Å². The molecule has 1 aromatic carbocycles. The number of nitrogens with zero attached hydrogens (tertiary/aromatic N) is 1. The van der Waals surface area contributed by atoms with Gasteiger partial charge in [-0.25, -0.2) is 0 Å². The molecule has 0 spiro atoms. The van der Waals surface area contributed by atoms with Crippen molar-refractivity contribution in [2.75, 3.05) is 13.1 Å². The summed E-state index contributed by atoms with van der Waals surface area (Å²) in [5.41, 5.74) is 1.27. The molecule has 0 fully saturated rings. The Kier molecular flexibility index (Phi) is 5.92. The molecule has 0 saturated heterocycles. The first-order valence-electron chi connectivity index (χ1n) is 6.46. The van der Waals surface area contributed by atoms with Gasteiger partial charge in [0.25, 0.3) is 0 Å². The Bertz CT molecular complexity index is 334. The van der Waals surface area contributed by atoms with Crippen molar-refractivity contribution in [2.45, 2.75) is 33.7 Å². The van der Waals surface area contributed by atoms with Gasteiger partial charge < -0.3 is 0 Å². The van der Waals surface area contributed by atoms with Gasteiger partial charge in [-0.1, -0.05) is 51.1 Å². The molecule has 1 rings (SSSR count). The van der Waals surface area contributed by atoms with E-state index >= 15 is 0 Å². The largest absolute Gasteiger partial charge is 0.298 e. The first-order valence-corrected chi connectivity index (χ1v) is 6.46. The lowest BCUT2D eigenvalue weighted by Crippen LogP contribution is -2.31. The van der Waals surface area contributed by atoms with Gasteiger partial charge in [-0.3, -0.25) is 9.69 Å². The number of ketones is 1. The van der Waals surface area contributed by atoms with Crippen LogP contribution in [0.3, 0.4) is 0 Å². The average Bonchev–Trinajstić information content (AvgIpc) is 2.38. The van der Waals surface area contributed by atoms with E-state index in [1.807, 2.05) is 25.1 Å². The normalized spacial score (nSPS) is 12.7. The number of carbonyl (C=O) groups is 1. The van der Waals surface area contributed by atoms with Crippen LogP contribution >= 0.6 is 0 Å². The molecule has 0 radical (unpaired) electrons. The molecular formula is C15H23NO. The highest BCUT2D eigenvalue weighted by Crippen LogP contribution is 2.07. The van der Waals surface area contributed by atoms with Crippen molar-refractivity contribution in [2.24, 2.45) is 5.92 Å². The minimum Gasteiger partial charge on any atom is -0.298 e. The summed E-state index contributed by atoms with van der Waals surface area (Å²) in [6.07, 6.45) is 0.932. The van der Waals surface area contributed by atoms with Crippen LogP contribution in [0.15, 0.2) is 30.3 Å². The van der Waals surface area contributed by atoms with E-state index in [1.54, 1.807) is 0 Å². The summed E-state index contributed by atoms with van der Waals surface area (Å²) in [5, 5.41) is 0. The molecule has 0 saturated carbocycles. The Balaban J connectivity index is 2.52. The van der Waals surface area contributed by atoms with Crippen LogP contribution in [0.4, 0.5) is 0 Å². The summed E-state index contributed by atoms with van der Waals surface area (Å²) in [5.74, 6) is 0.533. The number of hydrogen-bond acceptors (Lipinski definition) is 2. The fourth-order valence-electron chi connectivity index (χ4n) is 1.73. The molecule has 0 amide bonds. The zero-order valence-electron chi connectivity index (χ0n) is 11.1. The number of benzene rings is 1. The second-order valence-corrected chi connectivity index (χ2v) is 4.56. The van der Waals surface area contributed by atoms with E-state index in [1.165, 1.54) is 5.56 Å². The Morgan fingerprint density at radius 2 is 1.88 bits per heavy atom. The molecule has 94 valence electrons. The molecule has 0 aromatic heterocycles. The van der Waals surface area contributed by atoms with Gasteiger partial charge in [0.1, 0.15) is 5.78 Å². The molecule has 0 aliphatic heterocycles. The van der Waals surface area contributed by atoms with Gasteiger partial charge in [0.2, 0.25) is 0 Å². The summed E-state index contributed by atoms with van der Waals surface area (Å²) in [6.45, 7) is 8.53. The van der Waals surface area contributed by atoms with Crippen molar-refractivity contribution in [3.8, 4) is 0 Å². The Hall–Kier alpha value is -1.15. The molecule has 0 aliphatic rings. The SMILES string of the molecule is CCC(C)C(=O)CN(CC)Cc1ccccc1. The summed E-state index contributed by atoms with van der Waals surface area (Å²) in [7, 11) is 0. The van der Waals surface area contributed by atoms with E-state index in [9.17, 15) is 4.79 Å². The molecule has 0 heterocycles. The highest BCUT2D eigenvalue weighted by Gasteiger charge is 2.14. The van der Waals surface area contributed by atoms with Gasteiger partial charge in [0.15, 0.2) is 0 Å². The van der Waals surface area contributed by atoms with Crippen molar-refractivity contribution in [1.29, 1.82) is 0 Å². The third-order valence-corrected chi connectivity index (χ3v) is 3.24. The van der Waals surface area contributed by atoms with Crippen molar-refractivity contribution in [1.82, 2.24) is 4.90 Å². The minimum atomic E-state index is 0.180. The molecule has 1 aromatic rings. The third kappa shape index (κ3) is 4.70. The molecule has 17 heavy (non-hydrogen) atoms. The van der Waals surface area contributed by atoms with E-state index in [4.69, 9.17) is 0 Å². The van der Waals surface area contributed by atoms with Gasteiger partial charge in [0.05, 0.1) is 6.54 Å². The van der Waals surface area contributed by atoms with E-state index < -0.39 is 0 Å². The van der Waals surface area contributed by atoms with Crippen molar-refractivity contribution >= 4 is 5.78 Å². The number of carbonyl (C=O) groups excluding carboxylic acids is 1. The van der Waals surface area contributed by atoms with Gasteiger partial charge in [-0.05, 0) is 18.5 Å². The van der Waals surface area contributed by atoms with E-state index in [-0.39, 0.29) is 5.92 Å². The van der Waals surface area contributed by atoms with Crippen molar-refractivity contribution in [3.05, 3.63) is 35.9 Å². The zero-order valence-corrected chi connectivity index (χ0v) is 11.1. The molecule has 2 nitrogen and oxygen atoms in total. The van der Waals surface area contributed by atoms with Crippen LogP contribution in [0.5, 0.6) is 0 Å². The number of likely N-dealkylation sites (N-methyl/N-ethyl adjacent to an activating group) is 1. The second-order valence-electron chi connectivity index (χ2n) is 4.56. The topological polar surface area (TPSA) is 20.3 Å². The summed E-state index contributed by atoms with van der Waals surface area (Å²) in [6, 6.07) is 10.3. The maximum atomic E-state index is 11.9. The van der Waals surface area contributed by atoms with Crippen LogP contribution in [0, 0.1) is 5.92 Å². The number of Topliss-reactive ketones (excluding diaryl/α,β-unsaturated/α-hetero) is 1. The minimum absolute atomic E-state index is 0.180. The maximum absolute atomic E-state index is 11.9. The lowest BCUT2D eigenvalue weighted by Gasteiger charge is -2.21. The van der Waals surface area contributed by atoms with Crippen molar-refractivity contribution in [3.63, 3.8) is 0 Å². The maximum Gasteiger partial charge on any atom is 0.149 e. The monoisotopic (exact) mass is 233 g/mol. The van der Waals surface area contributed by atoms with Gasteiger partial charge in [-0.15, -0.1) is 0 Å². The van der Waals surface area contributed by atoms with Crippen LogP contribution in [-0.2, 0) is 11.3 Å². The van der Waals surface area contributed by atoms with Crippen LogP contribution in [0.2, 0.25) is 0 Å². The smallest absolute Gasteiger partial charge is 0.149 e. The molecule has 0 N–H and O–H groups in total. The standard InChI is InChI=1S/C15H23NO/c1-4-13(3)15(17)12-16(5-2)11-14-9-7-6-8-10-14/h6-10,13H,4-5,11-12H2,1-3H3. The van der Waals surface area contributed by atoms with E-state index in [0.717, 1.165) is 19.5 Å². The van der Waals surface area contributed by atoms with Crippen LogP contribution < -0.4 is 0 Å². The Morgan fingerprint density at radius 1 is 1.24 bits per heavy atom. The molecule has 2 heteroatoms. The number of rotatable bonds is 7. The summed E-state index contributed by atoms with van der Waals surface area (Å²) < 4.78 is 0. The van der Waals surface area contributed by atoms with Crippen molar-refractivity contribution < 1.29 is 4.79 Å². The average molecular weight is 233 g/mol. The summed E-state index contributed by atoms with van der Waals surface area (Å²) in [4.78, 5) is 14.1. The van der Waals surface area contributed by atoms with Crippen LogP contribution in [0.1, 0.15) is 32.8 Å². The Morgan fingerprint density at radius 3 is 2.41 bits per heavy atom. The molecule has 1 unspecified atom stereocenters. The highest BCUT2D eigenvalue weighted by molar-refractivity contribution is 5.82. The predicted octanol–water partition coefficient (Wildman–Crippen LogP) is 3.12. The predicted molar refractivity (Wildman–Crippen MR) is 71.9 cm³/mol. The summed E-state index contributed by atoms with van der Waals surface area (Å²) >= 11 is 0.